The molecule has 1 atom stereocenters. The zero-order valence-corrected chi connectivity index (χ0v) is 10.3. The lowest BCUT2D eigenvalue weighted by Gasteiger charge is -2.49. The third kappa shape index (κ3) is 2.21. The van der Waals surface area contributed by atoms with Crippen molar-refractivity contribution in [1.82, 2.24) is 4.90 Å². The van der Waals surface area contributed by atoms with Gasteiger partial charge in [-0.15, -0.1) is 0 Å². The van der Waals surface area contributed by atoms with Crippen molar-refractivity contribution in [2.45, 2.75) is 64.0 Å². The first kappa shape index (κ1) is 11.4. The van der Waals surface area contributed by atoms with Gasteiger partial charge in [-0.2, -0.15) is 0 Å². The number of nitrogens with zero attached hydrogens (tertiary/aromatic N) is 1. The number of rotatable bonds is 3. The number of hydrogen-bond donors (Lipinski definition) is 1. The van der Waals surface area contributed by atoms with E-state index in [1.165, 1.54) is 51.6 Å². The predicted molar refractivity (Wildman–Crippen MR) is 64.8 cm³/mol. The second kappa shape index (κ2) is 4.42. The van der Waals surface area contributed by atoms with Crippen molar-refractivity contribution < 1.29 is 0 Å². The van der Waals surface area contributed by atoms with Gasteiger partial charge in [-0.05, 0) is 58.5 Å². The van der Waals surface area contributed by atoms with Crippen molar-refractivity contribution in [2.75, 3.05) is 13.1 Å². The van der Waals surface area contributed by atoms with Gasteiger partial charge in [0.25, 0.3) is 0 Å². The molecule has 1 saturated carbocycles. The molecule has 0 aromatic rings. The van der Waals surface area contributed by atoms with Crippen LogP contribution in [0.4, 0.5) is 0 Å². The Morgan fingerprint density at radius 3 is 2.13 bits per heavy atom. The van der Waals surface area contributed by atoms with Crippen LogP contribution in [0, 0.1) is 5.92 Å². The maximum atomic E-state index is 6.45. The first-order valence-electron chi connectivity index (χ1n) is 6.63. The molecule has 1 aliphatic carbocycles. The smallest absolute Gasteiger partial charge is 0.0306 e. The lowest BCUT2D eigenvalue weighted by Crippen LogP contribution is -2.60. The molecule has 0 aromatic carbocycles. The Morgan fingerprint density at radius 1 is 1.07 bits per heavy atom. The van der Waals surface area contributed by atoms with Crippen LogP contribution in [0.2, 0.25) is 0 Å². The Kier molecular flexibility index (Phi) is 3.36. The molecule has 2 heteroatoms. The van der Waals surface area contributed by atoms with E-state index in [2.05, 4.69) is 18.7 Å². The van der Waals surface area contributed by atoms with Crippen LogP contribution in [0.5, 0.6) is 0 Å². The van der Waals surface area contributed by atoms with E-state index in [0.717, 1.165) is 5.92 Å². The molecule has 88 valence electrons. The van der Waals surface area contributed by atoms with Gasteiger partial charge in [0.1, 0.15) is 0 Å². The first-order chi connectivity index (χ1) is 7.12. The molecule has 1 saturated heterocycles. The summed E-state index contributed by atoms with van der Waals surface area (Å²) in [6, 6.07) is 0.379. The predicted octanol–water partition coefficient (Wildman–Crippen LogP) is 2.38. The van der Waals surface area contributed by atoms with E-state index in [0.29, 0.717) is 6.04 Å². The van der Waals surface area contributed by atoms with Crippen LogP contribution in [0.3, 0.4) is 0 Å². The quantitative estimate of drug-likeness (QED) is 0.775. The normalized spacial score (nSPS) is 27.4. The van der Waals surface area contributed by atoms with Gasteiger partial charge in [-0.25, -0.2) is 0 Å². The summed E-state index contributed by atoms with van der Waals surface area (Å²) in [5.41, 5.74) is 6.66. The van der Waals surface area contributed by atoms with E-state index in [4.69, 9.17) is 5.73 Å². The summed E-state index contributed by atoms with van der Waals surface area (Å²) in [7, 11) is 0. The van der Waals surface area contributed by atoms with Crippen LogP contribution in [0.25, 0.3) is 0 Å². The summed E-state index contributed by atoms with van der Waals surface area (Å²) in [5.74, 6) is 0.793. The highest BCUT2D eigenvalue weighted by molar-refractivity contribution is 4.98. The molecule has 0 radical (unpaired) electrons. The van der Waals surface area contributed by atoms with E-state index in [1.54, 1.807) is 0 Å². The van der Waals surface area contributed by atoms with Gasteiger partial charge in [0.15, 0.2) is 0 Å². The van der Waals surface area contributed by atoms with Crippen LogP contribution in [-0.4, -0.2) is 29.6 Å². The maximum absolute atomic E-state index is 6.45. The number of likely N-dealkylation sites (tertiary alicyclic amines) is 1. The number of hydrogen-bond acceptors (Lipinski definition) is 2. The van der Waals surface area contributed by atoms with Crippen molar-refractivity contribution in [3.63, 3.8) is 0 Å². The minimum Gasteiger partial charge on any atom is -0.326 e. The molecule has 0 spiro atoms. The average Bonchev–Trinajstić information content (AvgIpc) is 2.16. The minimum absolute atomic E-state index is 0.214. The fraction of sp³-hybridized carbons (Fsp3) is 1.00. The zero-order valence-electron chi connectivity index (χ0n) is 10.3. The van der Waals surface area contributed by atoms with Crippen molar-refractivity contribution in [3.05, 3.63) is 0 Å². The fourth-order valence-corrected chi connectivity index (χ4v) is 3.06. The molecule has 2 nitrogen and oxygen atoms in total. The molecule has 2 N–H and O–H groups in total. The second-order valence-corrected chi connectivity index (χ2v) is 5.92. The monoisotopic (exact) mass is 210 g/mol. The van der Waals surface area contributed by atoms with Gasteiger partial charge in [-0.3, -0.25) is 4.90 Å². The van der Waals surface area contributed by atoms with Crippen LogP contribution in [0.15, 0.2) is 0 Å². The summed E-state index contributed by atoms with van der Waals surface area (Å²) in [5, 5.41) is 0. The molecule has 0 bridgehead atoms. The van der Waals surface area contributed by atoms with E-state index in [1.807, 2.05) is 0 Å². The highest BCUT2D eigenvalue weighted by Crippen LogP contribution is 2.35. The SMILES string of the molecule is CC(C)(C(N)C1CCC1)N1CCCCC1. The Morgan fingerprint density at radius 2 is 1.67 bits per heavy atom. The van der Waals surface area contributed by atoms with Crippen molar-refractivity contribution in [3.8, 4) is 0 Å². The standard InChI is InChI=1S/C13H26N2/c1-13(2,12(14)11-7-6-8-11)15-9-4-3-5-10-15/h11-12H,3-10,14H2,1-2H3. The summed E-state index contributed by atoms with van der Waals surface area (Å²) in [4.78, 5) is 2.62. The summed E-state index contributed by atoms with van der Waals surface area (Å²) < 4.78 is 0. The minimum atomic E-state index is 0.214. The van der Waals surface area contributed by atoms with E-state index < -0.39 is 0 Å². The van der Waals surface area contributed by atoms with Gasteiger partial charge in [0.2, 0.25) is 0 Å². The topological polar surface area (TPSA) is 29.3 Å². The molecule has 1 heterocycles. The van der Waals surface area contributed by atoms with E-state index in [-0.39, 0.29) is 5.54 Å². The van der Waals surface area contributed by atoms with Gasteiger partial charge in [-0.1, -0.05) is 12.8 Å². The van der Waals surface area contributed by atoms with Crippen molar-refractivity contribution in [2.24, 2.45) is 11.7 Å². The lowest BCUT2D eigenvalue weighted by atomic mass is 9.72. The molecule has 2 aliphatic rings. The van der Waals surface area contributed by atoms with Gasteiger partial charge in [0, 0.05) is 11.6 Å². The molecule has 0 amide bonds. The van der Waals surface area contributed by atoms with Gasteiger partial charge in [0.05, 0.1) is 0 Å². The Labute approximate surface area is 94.2 Å². The summed E-state index contributed by atoms with van der Waals surface area (Å²) in [6.45, 7) is 7.21. The maximum Gasteiger partial charge on any atom is 0.0306 e. The zero-order chi connectivity index (χ0) is 10.9. The summed E-state index contributed by atoms with van der Waals surface area (Å²) in [6.07, 6.45) is 8.25. The largest absolute Gasteiger partial charge is 0.326 e. The highest BCUT2D eigenvalue weighted by atomic mass is 15.2. The van der Waals surface area contributed by atoms with Crippen LogP contribution >= 0.6 is 0 Å². The molecule has 15 heavy (non-hydrogen) atoms. The Bertz CT molecular complexity index is 199. The van der Waals surface area contributed by atoms with E-state index >= 15 is 0 Å². The molecule has 1 aliphatic heterocycles. The van der Waals surface area contributed by atoms with Crippen LogP contribution in [-0.2, 0) is 0 Å². The first-order valence-corrected chi connectivity index (χ1v) is 6.63. The van der Waals surface area contributed by atoms with Crippen LogP contribution < -0.4 is 5.73 Å². The van der Waals surface area contributed by atoms with Crippen molar-refractivity contribution >= 4 is 0 Å². The molecule has 2 fully saturated rings. The Hall–Kier alpha value is -0.0800. The highest BCUT2D eigenvalue weighted by Gasteiger charge is 2.39. The fourth-order valence-electron chi connectivity index (χ4n) is 3.06. The number of nitrogens with two attached hydrogens (primary N) is 1. The summed E-state index contributed by atoms with van der Waals surface area (Å²) >= 11 is 0. The molecule has 0 aromatic heterocycles. The van der Waals surface area contributed by atoms with Gasteiger partial charge < -0.3 is 5.73 Å². The molecule has 1 unspecified atom stereocenters. The second-order valence-electron chi connectivity index (χ2n) is 5.92. The lowest BCUT2D eigenvalue weighted by molar-refractivity contribution is 0.0385. The van der Waals surface area contributed by atoms with Crippen molar-refractivity contribution in [1.29, 1.82) is 0 Å². The number of piperidine rings is 1. The third-order valence-corrected chi connectivity index (χ3v) is 4.64. The molecular formula is C13H26N2. The molecule has 2 rings (SSSR count). The van der Waals surface area contributed by atoms with Crippen LogP contribution in [0.1, 0.15) is 52.4 Å². The van der Waals surface area contributed by atoms with E-state index in [9.17, 15) is 0 Å². The Balaban J connectivity index is 1.96. The average molecular weight is 210 g/mol. The third-order valence-electron chi connectivity index (χ3n) is 4.64. The van der Waals surface area contributed by atoms with Gasteiger partial charge >= 0.3 is 0 Å². The molecular weight excluding hydrogens is 184 g/mol.